The Balaban J connectivity index is 1.71. The van der Waals surface area contributed by atoms with E-state index in [0.717, 1.165) is 6.07 Å². The van der Waals surface area contributed by atoms with Crippen molar-refractivity contribution in [3.05, 3.63) is 98.5 Å². The van der Waals surface area contributed by atoms with E-state index in [0.29, 0.717) is 16.3 Å². The summed E-state index contributed by atoms with van der Waals surface area (Å²) in [5.41, 5.74) is -2.01. The molecular formula is C31H25Cl2F2N3O4. The first-order valence-corrected chi connectivity index (χ1v) is 13.8. The number of hydrogen-bond acceptors (Lipinski definition) is 5. The summed E-state index contributed by atoms with van der Waals surface area (Å²) in [6.45, 7) is 3.39. The number of benzene rings is 3. The van der Waals surface area contributed by atoms with Crippen LogP contribution in [0.15, 0.2) is 54.6 Å². The van der Waals surface area contributed by atoms with E-state index >= 15 is 4.39 Å². The van der Waals surface area contributed by atoms with Crippen LogP contribution in [0.1, 0.15) is 53.2 Å². The van der Waals surface area contributed by atoms with Crippen LogP contribution < -0.4 is 10.6 Å². The lowest BCUT2D eigenvalue weighted by Crippen LogP contribution is -2.50. The van der Waals surface area contributed by atoms with Crippen LogP contribution in [-0.2, 0) is 21.4 Å². The highest BCUT2D eigenvalue weighted by Crippen LogP contribution is 2.57. The van der Waals surface area contributed by atoms with Gasteiger partial charge in [0.15, 0.2) is 5.78 Å². The van der Waals surface area contributed by atoms with Crippen LogP contribution >= 0.6 is 23.2 Å². The van der Waals surface area contributed by atoms with E-state index in [9.17, 15) is 29.1 Å². The van der Waals surface area contributed by atoms with Gasteiger partial charge in [-0.25, -0.2) is 13.6 Å². The number of nitriles is 1. The quantitative estimate of drug-likeness (QED) is 0.300. The van der Waals surface area contributed by atoms with Crippen molar-refractivity contribution in [3.63, 3.8) is 0 Å². The summed E-state index contributed by atoms with van der Waals surface area (Å²) in [4.78, 5) is 39.5. The molecule has 2 aliphatic rings. The number of aromatic carboxylic acids is 1. The molecule has 0 bridgehead atoms. The molecular weight excluding hydrogens is 587 g/mol. The van der Waals surface area contributed by atoms with E-state index in [-0.39, 0.29) is 28.1 Å². The van der Waals surface area contributed by atoms with Crippen molar-refractivity contribution >= 4 is 46.5 Å². The first-order valence-electron chi connectivity index (χ1n) is 13.1. The molecule has 1 spiro atoms. The standard InChI is InChI=1S/C31H25Cl2F2N3O4/c1-30(2,14-36)13-24-31(19-9-8-17(32)12-22(19)37-29(31)42)25(18-4-3-5-20(33)26(18)35)27(38-24)23(39)11-15-6-7-16(28(40)41)10-21(15)34/h3-10,12,24-25,27,38H,11,13H2,1-2H3,(H,37,42)(H,40,41)/t24-,25-,27-,31+/m0/s1. The van der Waals surface area contributed by atoms with Crippen molar-refractivity contribution in [2.75, 3.05) is 5.32 Å². The second-order valence-electron chi connectivity index (χ2n) is 11.3. The van der Waals surface area contributed by atoms with Crippen LogP contribution in [0.3, 0.4) is 0 Å². The van der Waals surface area contributed by atoms with Crippen molar-refractivity contribution in [3.8, 4) is 6.07 Å². The number of carbonyl (C=O) groups excluding carboxylic acids is 2. The lowest BCUT2D eigenvalue weighted by molar-refractivity contribution is -0.122. The zero-order chi connectivity index (χ0) is 30.6. The number of hydrogen-bond donors (Lipinski definition) is 3. The van der Waals surface area contributed by atoms with Crippen LogP contribution in [0.4, 0.5) is 14.5 Å². The number of amides is 1. The molecule has 0 radical (unpaired) electrons. The molecule has 1 fully saturated rings. The largest absolute Gasteiger partial charge is 0.478 e. The average molecular weight is 612 g/mol. The van der Waals surface area contributed by atoms with Gasteiger partial charge in [0.05, 0.1) is 28.1 Å². The minimum atomic E-state index is -1.58. The van der Waals surface area contributed by atoms with E-state index < -0.39 is 64.5 Å². The number of carboxylic acids is 1. The van der Waals surface area contributed by atoms with E-state index in [4.69, 9.17) is 23.2 Å². The van der Waals surface area contributed by atoms with E-state index in [1.54, 1.807) is 32.0 Å². The first kappa shape index (κ1) is 29.6. The average Bonchev–Trinajstić information content (AvgIpc) is 3.40. The summed E-state index contributed by atoms with van der Waals surface area (Å²) >= 11 is 12.4. The molecule has 1 amide bonds. The Kier molecular flexibility index (Phi) is 7.60. The maximum absolute atomic E-state index is 15.8. The van der Waals surface area contributed by atoms with Gasteiger partial charge in [-0.3, -0.25) is 9.59 Å². The van der Waals surface area contributed by atoms with Gasteiger partial charge in [-0.2, -0.15) is 5.26 Å². The maximum Gasteiger partial charge on any atom is 0.335 e. The Bertz CT molecular complexity index is 1690. The number of Topliss-reactive ketones (excluding diaryl/α,β-unsaturated/α-hetero) is 1. The molecule has 216 valence electrons. The van der Waals surface area contributed by atoms with Crippen LogP contribution in [0.2, 0.25) is 10.0 Å². The normalized spacial score (nSPS) is 23.0. The number of nitrogens with zero attached hydrogens (tertiary/aromatic N) is 1. The van der Waals surface area contributed by atoms with Gasteiger partial charge in [0.1, 0.15) is 17.0 Å². The molecule has 11 heteroatoms. The second-order valence-corrected chi connectivity index (χ2v) is 12.1. The molecule has 42 heavy (non-hydrogen) atoms. The zero-order valence-corrected chi connectivity index (χ0v) is 24.0. The summed E-state index contributed by atoms with van der Waals surface area (Å²) in [6, 6.07) is 12.5. The summed E-state index contributed by atoms with van der Waals surface area (Å²) in [6.07, 6.45) is -0.370. The van der Waals surface area contributed by atoms with Crippen molar-refractivity contribution in [1.29, 1.82) is 5.26 Å². The van der Waals surface area contributed by atoms with Crippen molar-refractivity contribution in [1.82, 2.24) is 5.32 Å². The second kappa shape index (κ2) is 10.8. The van der Waals surface area contributed by atoms with Crippen LogP contribution in [0.25, 0.3) is 0 Å². The van der Waals surface area contributed by atoms with Gasteiger partial charge in [-0.15, -0.1) is 0 Å². The Morgan fingerprint density at radius 2 is 1.86 bits per heavy atom. The van der Waals surface area contributed by atoms with Gasteiger partial charge >= 0.3 is 5.97 Å². The predicted octanol–water partition coefficient (Wildman–Crippen LogP) is 6.04. The van der Waals surface area contributed by atoms with E-state index in [1.165, 1.54) is 30.3 Å². The summed E-state index contributed by atoms with van der Waals surface area (Å²) < 4.78 is 30.7. The van der Waals surface area contributed by atoms with Gasteiger partial charge in [0.25, 0.3) is 0 Å². The SMILES string of the molecule is CC(C)(C#N)C[C@@H]1N[C@@H](C(=O)Cc2ccc(C(=O)O)cc2F)[C@H](c2cccc(Cl)c2F)[C@]12C(=O)Nc1cc(Cl)ccc12. The number of rotatable bonds is 7. The molecule has 2 heterocycles. The fraction of sp³-hybridized carbons (Fsp3) is 0.290. The fourth-order valence-electron chi connectivity index (χ4n) is 6.27. The monoisotopic (exact) mass is 611 g/mol. The molecule has 3 aromatic rings. The Labute approximate surface area is 250 Å². The van der Waals surface area contributed by atoms with E-state index in [1.807, 2.05) is 0 Å². The van der Waals surface area contributed by atoms with Crippen molar-refractivity contribution in [2.24, 2.45) is 5.41 Å². The van der Waals surface area contributed by atoms with Gasteiger partial charge < -0.3 is 15.7 Å². The molecule has 2 aliphatic heterocycles. The number of halogens is 4. The number of anilines is 1. The minimum absolute atomic E-state index is 0.00487. The Hall–Kier alpha value is -3.84. The van der Waals surface area contributed by atoms with Crippen molar-refractivity contribution < 1.29 is 28.3 Å². The number of carbonyl (C=O) groups is 3. The van der Waals surface area contributed by atoms with Gasteiger partial charge in [0.2, 0.25) is 5.91 Å². The highest BCUT2D eigenvalue weighted by atomic mass is 35.5. The van der Waals surface area contributed by atoms with E-state index in [2.05, 4.69) is 16.7 Å². The lowest BCUT2D eigenvalue weighted by Gasteiger charge is -2.37. The molecule has 3 aromatic carbocycles. The number of ketones is 1. The van der Waals surface area contributed by atoms with Crippen LogP contribution in [0, 0.1) is 28.4 Å². The van der Waals surface area contributed by atoms with Crippen LogP contribution in [0.5, 0.6) is 0 Å². The number of fused-ring (bicyclic) bond motifs is 2. The van der Waals surface area contributed by atoms with Crippen molar-refractivity contribution in [2.45, 2.75) is 50.1 Å². The molecule has 7 nitrogen and oxygen atoms in total. The summed E-state index contributed by atoms with van der Waals surface area (Å²) in [7, 11) is 0. The van der Waals surface area contributed by atoms with Gasteiger partial charge in [0, 0.05) is 29.1 Å². The van der Waals surface area contributed by atoms with Gasteiger partial charge in [-0.05, 0) is 67.3 Å². The maximum atomic E-state index is 15.8. The van der Waals surface area contributed by atoms with Gasteiger partial charge in [-0.1, -0.05) is 47.5 Å². The third kappa shape index (κ3) is 4.83. The third-order valence-corrected chi connectivity index (χ3v) is 8.68. The molecule has 0 aromatic heterocycles. The zero-order valence-electron chi connectivity index (χ0n) is 22.5. The summed E-state index contributed by atoms with van der Waals surface area (Å²) in [5, 5.41) is 25.3. The highest BCUT2D eigenvalue weighted by molar-refractivity contribution is 6.31. The molecule has 0 saturated carbocycles. The van der Waals surface area contributed by atoms with Crippen LogP contribution in [-0.4, -0.2) is 34.8 Å². The number of nitrogens with one attached hydrogen (secondary N) is 2. The predicted molar refractivity (Wildman–Crippen MR) is 153 cm³/mol. The Morgan fingerprint density at radius 1 is 1.12 bits per heavy atom. The summed E-state index contributed by atoms with van der Waals surface area (Å²) in [5.74, 6) is -5.25. The lowest BCUT2D eigenvalue weighted by atomic mass is 9.62. The topological polar surface area (TPSA) is 119 Å². The smallest absolute Gasteiger partial charge is 0.335 e. The highest BCUT2D eigenvalue weighted by Gasteiger charge is 2.66. The fourth-order valence-corrected chi connectivity index (χ4v) is 6.62. The third-order valence-electron chi connectivity index (χ3n) is 8.15. The molecule has 0 aliphatic carbocycles. The molecule has 1 saturated heterocycles. The number of carboxylic acid groups (broad SMARTS) is 1. The molecule has 5 rings (SSSR count). The molecule has 3 N–H and O–H groups in total. The molecule has 0 unspecified atom stereocenters. The first-order chi connectivity index (χ1) is 19.8. The molecule has 4 atom stereocenters. The minimum Gasteiger partial charge on any atom is -0.478 e. The Morgan fingerprint density at radius 3 is 2.52 bits per heavy atom.